The molecule has 1 saturated heterocycles. The molecule has 2 aromatic rings. The van der Waals surface area contributed by atoms with E-state index in [0.717, 1.165) is 16.7 Å². The van der Waals surface area contributed by atoms with Gasteiger partial charge in [-0.3, -0.25) is 4.79 Å². The Balaban J connectivity index is 1.49. The number of carbonyl (C=O) groups excluding carboxylic acids is 2. The third-order valence-electron chi connectivity index (χ3n) is 5.20. The SMILES string of the molecule is O=C1O[C@@H](CCc2ccccc2)C(=O)C1=C(O)C1Cc2ccccc2CN1. The Bertz CT molecular complexity index is 904. The van der Waals surface area contributed by atoms with Crippen LogP contribution in [0.25, 0.3) is 0 Å². The Morgan fingerprint density at radius 1 is 1.04 bits per heavy atom. The Hall–Kier alpha value is -2.92. The average molecular weight is 363 g/mol. The molecule has 27 heavy (non-hydrogen) atoms. The zero-order valence-electron chi connectivity index (χ0n) is 14.9. The van der Waals surface area contributed by atoms with Crippen LogP contribution in [0.15, 0.2) is 65.9 Å². The minimum atomic E-state index is -0.828. The molecule has 0 spiro atoms. The van der Waals surface area contributed by atoms with Gasteiger partial charge in [0.25, 0.3) is 0 Å². The van der Waals surface area contributed by atoms with Gasteiger partial charge in [0.05, 0.1) is 6.04 Å². The number of esters is 1. The maximum Gasteiger partial charge on any atom is 0.346 e. The number of carbonyl (C=O) groups is 2. The maximum atomic E-state index is 12.7. The summed E-state index contributed by atoms with van der Waals surface area (Å²) in [6, 6.07) is 17.2. The van der Waals surface area contributed by atoms with Crippen molar-refractivity contribution in [2.45, 2.75) is 38.0 Å². The maximum absolute atomic E-state index is 12.7. The molecular weight excluding hydrogens is 342 g/mol. The minimum absolute atomic E-state index is 0.204. The van der Waals surface area contributed by atoms with Crippen molar-refractivity contribution in [2.75, 3.05) is 0 Å². The van der Waals surface area contributed by atoms with Crippen LogP contribution in [-0.2, 0) is 33.7 Å². The highest BCUT2D eigenvalue weighted by atomic mass is 16.6. The van der Waals surface area contributed by atoms with Gasteiger partial charge in [-0.15, -0.1) is 0 Å². The summed E-state index contributed by atoms with van der Waals surface area (Å²) in [6.45, 7) is 0.582. The first-order chi connectivity index (χ1) is 13.1. The molecule has 0 aliphatic carbocycles. The number of rotatable bonds is 4. The third-order valence-corrected chi connectivity index (χ3v) is 5.20. The molecular formula is C22H21NO4. The van der Waals surface area contributed by atoms with Crippen molar-refractivity contribution in [3.05, 3.63) is 82.6 Å². The third kappa shape index (κ3) is 3.51. The Morgan fingerprint density at radius 3 is 2.52 bits per heavy atom. The molecule has 4 rings (SSSR count). The standard InChI is InChI=1S/C22H21NO4/c24-20(17-12-15-8-4-5-9-16(15)13-23-17)19-21(25)18(27-22(19)26)11-10-14-6-2-1-3-7-14/h1-9,17-18,23-24H,10-13H2/t17?,18-/m0/s1. The number of fused-ring (bicyclic) bond motifs is 1. The highest BCUT2D eigenvalue weighted by Crippen LogP contribution is 2.27. The first-order valence-corrected chi connectivity index (χ1v) is 9.16. The number of aliphatic hydroxyl groups excluding tert-OH is 1. The van der Waals surface area contributed by atoms with Crippen molar-refractivity contribution in [1.82, 2.24) is 5.32 Å². The molecule has 2 N–H and O–H groups in total. The Kier molecular flexibility index (Phi) is 4.77. The summed E-state index contributed by atoms with van der Waals surface area (Å²) < 4.78 is 5.26. The van der Waals surface area contributed by atoms with Crippen LogP contribution in [0, 0.1) is 0 Å². The second-order valence-corrected chi connectivity index (χ2v) is 6.95. The molecule has 0 bridgehead atoms. The van der Waals surface area contributed by atoms with Gasteiger partial charge in [-0.2, -0.15) is 0 Å². The first-order valence-electron chi connectivity index (χ1n) is 9.16. The average Bonchev–Trinajstić information content (AvgIpc) is 2.99. The van der Waals surface area contributed by atoms with Crippen LogP contribution >= 0.6 is 0 Å². The van der Waals surface area contributed by atoms with Crippen LogP contribution in [0.2, 0.25) is 0 Å². The lowest BCUT2D eigenvalue weighted by Gasteiger charge is -2.26. The predicted molar refractivity (Wildman–Crippen MR) is 100 cm³/mol. The van der Waals surface area contributed by atoms with Gasteiger partial charge < -0.3 is 15.2 Å². The number of benzene rings is 2. The van der Waals surface area contributed by atoms with Crippen molar-refractivity contribution < 1.29 is 19.4 Å². The van der Waals surface area contributed by atoms with E-state index in [1.165, 1.54) is 0 Å². The van der Waals surface area contributed by atoms with E-state index < -0.39 is 23.9 Å². The molecule has 2 aromatic carbocycles. The highest BCUT2D eigenvalue weighted by Gasteiger charge is 2.42. The number of nitrogens with one attached hydrogen (secondary N) is 1. The predicted octanol–water partition coefficient (Wildman–Crippen LogP) is 2.64. The van der Waals surface area contributed by atoms with Crippen LogP contribution in [0.1, 0.15) is 23.1 Å². The number of aliphatic hydroxyl groups is 1. The van der Waals surface area contributed by atoms with Gasteiger partial charge in [-0.25, -0.2) is 4.79 Å². The number of ketones is 1. The van der Waals surface area contributed by atoms with Crippen molar-refractivity contribution in [3.63, 3.8) is 0 Å². The number of Topliss-reactive ketones (excluding diaryl/α,β-unsaturated/α-hetero) is 1. The summed E-state index contributed by atoms with van der Waals surface area (Å²) in [7, 11) is 0. The summed E-state index contributed by atoms with van der Waals surface area (Å²) in [5, 5.41) is 13.8. The van der Waals surface area contributed by atoms with Gasteiger partial charge >= 0.3 is 5.97 Å². The lowest BCUT2D eigenvalue weighted by molar-refractivity contribution is -0.141. The molecule has 1 fully saturated rings. The van der Waals surface area contributed by atoms with Crippen molar-refractivity contribution in [3.8, 4) is 0 Å². The fraction of sp³-hybridized carbons (Fsp3) is 0.273. The van der Waals surface area contributed by atoms with E-state index in [0.29, 0.717) is 25.8 Å². The van der Waals surface area contributed by atoms with Crippen LogP contribution in [0.5, 0.6) is 0 Å². The topological polar surface area (TPSA) is 75.6 Å². The summed E-state index contributed by atoms with van der Waals surface area (Å²) in [6.07, 6.45) is 0.742. The van der Waals surface area contributed by atoms with Gasteiger partial charge in [0.15, 0.2) is 6.10 Å². The van der Waals surface area contributed by atoms with Gasteiger partial charge in [-0.1, -0.05) is 54.6 Å². The molecule has 0 amide bonds. The largest absolute Gasteiger partial charge is 0.510 e. The van der Waals surface area contributed by atoms with Crippen LogP contribution in [0.4, 0.5) is 0 Å². The van der Waals surface area contributed by atoms with Crippen LogP contribution < -0.4 is 5.32 Å². The van der Waals surface area contributed by atoms with Crippen molar-refractivity contribution in [1.29, 1.82) is 0 Å². The Labute approximate surface area is 157 Å². The van der Waals surface area contributed by atoms with E-state index in [1.807, 2.05) is 54.6 Å². The molecule has 2 heterocycles. The molecule has 5 heteroatoms. The van der Waals surface area contributed by atoms with Gasteiger partial charge in [-0.05, 0) is 36.0 Å². The van der Waals surface area contributed by atoms with E-state index in [2.05, 4.69) is 5.32 Å². The van der Waals surface area contributed by atoms with Gasteiger partial charge in [0, 0.05) is 6.54 Å². The monoisotopic (exact) mass is 363 g/mol. The highest BCUT2D eigenvalue weighted by molar-refractivity contribution is 6.23. The number of aryl methyl sites for hydroxylation is 1. The fourth-order valence-corrected chi connectivity index (χ4v) is 3.69. The number of cyclic esters (lactones) is 1. The lowest BCUT2D eigenvalue weighted by Crippen LogP contribution is -2.38. The molecule has 2 aliphatic rings. The Morgan fingerprint density at radius 2 is 1.74 bits per heavy atom. The summed E-state index contributed by atoms with van der Waals surface area (Å²) in [5.74, 6) is -1.35. The lowest BCUT2D eigenvalue weighted by atomic mass is 9.92. The van der Waals surface area contributed by atoms with Crippen LogP contribution in [0.3, 0.4) is 0 Å². The zero-order chi connectivity index (χ0) is 18.8. The summed E-state index contributed by atoms with van der Waals surface area (Å²) >= 11 is 0. The molecule has 1 unspecified atom stereocenters. The van der Waals surface area contributed by atoms with Crippen molar-refractivity contribution >= 4 is 11.8 Å². The van der Waals surface area contributed by atoms with E-state index in [4.69, 9.17) is 4.74 Å². The number of hydrogen-bond acceptors (Lipinski definition) is 5. The molecule has 0 saturated carbocycles. The molecule has 0 radical (unpaired) electrons. The normalized spacial score (nSPS) is 23.7. The zero-order valence-corrected chi connectivity index (χ0v) is 14.9. The number of hydrogen-bond donors (Lipinski definition) is 2. The fourth-order valence-electron chi connectivity index (χ4n) is 3.69. The molecule has 5 nitrogen and oxygen atoms in total. The second-order valence-electron chi connectivity index (χ2n) is 6.95. The van der Waals surface area contributed by atoms with Crippen molar-refractivity contribution in [2.24, 2.45) is 0 Å². The smallest absolute Gasteiger partial charge is 0.346 e. The van der Waals surface area contributed by atoms with E-state index in [1.54, 1.807) is 0 Å². The van der Waals surface area contributed by atoms with Gasteiger partial charge in [0.1, 0.15) is 11.3 Å². The molecule has 138 valence electrons. The van der Waals surface area contributed by atoms with E-state index >= 15 is 0 Å². The van der Waals surface area contributed by atoms with E-state index in [-0.39, 0.29) is 11.3 Å². The number of ether oxygens (including phenoxy) is 1. The first kappa shape index (κ1) is 17.5. The summed E-state index contributed by atoms with van der Waals surface area (Å²) in [4.78, 5) is 24.9. The van der Waals surface area contributed by atoms with E-state index in [9.17, 15) is 14.7 Å². The summed E-state index contributed by atoms with van der Waals surface area (Å²) in [5.41, 5.74) is 3.14. The molecule has 2 aliphatic heterocycles. The molecule has 0 aromatic heterocycles. The minimum Gasteiger partial charge on any atom is -0.510 e. The van der Waals surface area contributed by atoms with Gasteiger partial charge in [0.2, 0.25) is 5.78 Å². The van der Waals surface area contributed by atoms with Crippen LogP contribution in [-0.4, -0.2) is 29.0 Å². The quantitative estimate of drug-likeness (QED) is 0.378. The molecule has 2 atom stereocenters. The second kappa shape index (κ2) is 7.37.